The van der Waals surface area contributed by atoms with E-state index in [1.807, 2.05) is 24.3 Å². The summed E-state index contributed by atoms with van der Waals surface area (Å²) >= 11 is 0. The Balaban J connectivity index is 1.66. The molecule has 0 spiro atoms. The summed E-state index contributed by atoms with van der Waals surface area (Å²) in [5, 5.41) is 11.8. The van der Waals surface area contributed by atoms with E-state index in [2.05, 4.69) is 74.1 Å². The van der Waals surface area contributed by atoms with Gasteiger partial charge in [-0.25, -0.2) is 0 Å². The Morgan fingerprint density at radius 2 is 1.00 bits per heavy atom. The first-order chi connectivity index (χ1) is 12.4. The van der Waals surface area contributed by atoms with Crippen molar-refractivity contribution in [2.75, 3.05) is 0 Å². The smallest absolute Gasteiger partial charge is 0.116 e. The van der Waals surface area contributed by atoms with Crippen LogP contribution in [0.25, 0.3) is 21.8 Å². The van der Waals surface area contributed by atoms with Crippen LogP contribution in [0.1, 0.15) is 39.1 Å². The number of benzene rings is 2. The van der Waals surface area contributed by atoms with Gasteiger partial charge in [0.15, 0.2) is 0 Å². The summed E-state index contributed by atoms with van der Waals surface area (Å²) in [4.78, 5) is 6.94. The molecule has 4 nitrogen and oxygen atoms in total. The standard InChI is InChI=1S/C22H24N4/c1-21(2,19-13-15-9-5-7-11-17(15)23-19)25-26-22(3,4)20-14-16-10-6-8-12-18(16)24-20/h5-14,23-24H,1-4H3. The Morgan fingerprint density at radius 3 is 1.38 bits per heavy atom. The van der Waals surface area contributed by atoms with Crippen LogP contribution in [-0.4, -0.2) is 9.97 Å². The average Bonchev–Trinajstić information content (AvgIpc) is 3.25. The zero-order chi connectivity index (χ0) is 18.4. The van der Waals surface area contributed by atoms with E-state index < -0.39 is 11.1 Å². The summed E-state index contributed by atoms with van der Waals surface area (Å²) in [7, 11) is 0. The molecule has 0 aliphatic rings. The van der Waals surface area contributed by atoms with Crippen LogP contribution >= 0.6 is 0 Å². The van der Waals surface area contributed by atoms with Gasteiger partial charge >= 0.3 is 0 Å². The Kier molecular flexibility index (Phi) is 3.72. The molecule has 4 aromatic rings. The van der Waals surface area contributed by atoms with E-state index >= 15 is 0 Å². The van der Waals surface area contributed by atoms with E-state index in [0.29, 0.717) is 0 Å². The van der Waals surface area contributed by atoms with E-state index in [1.54, 1.807) is 0 Å². The Labute approximate surface area is 153 Å². The number of aromatic nitrogens is 2. The molecule has 0 saturated heterocycles. The lowest BCUT2D eigenvalue weighted by atomic mass is 10.0. The Hall–Kier alpha value is -2.88. The predicted octanol–water partition coefficient (Wildman–Crippen LogP) is 6.27. The van der Waals surface area contributed by atoms with Gasteiger partial charge in [0, 0.05) is 22.4 Å². The number of H-pyrrole nitrogens is 2. The fourth-order valence-electron chi connectivity index (χ4n) is 3.16. The number of nitrogens with one attached hydrogen (secondary N) is 2. The molecule has 0 saturated carbocycles. The van der Waals surface area contributed by atoms with Gasteiger partial charge in [0.25, 0.3) is 0 Å². The topological polar surface area (TPSA) is 56.3 Å². The third-order valence-electron chi connectivity index (χ3n) is 4.93. The summed E-state index contributed by atoms with van der Waals surface area (Å²) in [5.74, 6) is 0. The van der Waals surface area contributed by atoms with Gasteiger partial charge in [0.2, 0.25) is 0 Å². The predicted molar refractivity (Wildman–Crippen MR) is 108 cm³/mol. The number of aromatic amines is 2. The monoisotopic (exact) mass is 344 g/mol. The summed E-state index contributed by atoms with van der Waals surface area (Å²) in [5.41, 5.74) is 3.52. The van der Waals surface area contributed by atoms with E-state index in [9.17, 15) is 0 Å². The SMILES string of the molecule is CC(C)(N=NC(C)(C)c1cc2ccccc2[nH]1)c1cc2ccccc2[nH]1. The molecule has 0 aliphatic carbocycles. The molecule has 0 fully saturated rings. The van der Waals surface area contributed by atoms with Crippen molar-refractivity contribution >= 4 is 21.8 Å². The van der Waals surface area contributed by atoms with Crippen molar-refractivity contribution in [1.82, 2.24) is 9.97 Å². The van der Waals surface area contributed by atoms with Crippen molar-refractivity contribution in [2.45, 2.75) is 38.8 Å². The first-order valence-electron chi connectivity index (χ1n) is 8.96. The van der Waals surface area contributed by atoms with Gasteiger partial charge in [-0.05, 0) is 62.7 Å². The molecule has 2 N–H and O–H groups in total. The number of para-hydroxylation sites is 2. The van der Waals surface area contributed by atoms with Gasteiger partial charge in [-0.1, -0.05) is 36.4 Å². The van der Waals surface area contributed by atoms with Gasteiger partial charge in [0.05, 0.1) is 0 Å². The molecule has 0 unspecified atom stereocenters. The maximum atomic E-state index is 4.71. The third kappa shape index (κ3) is 2.92. The highest BCUT2D eigenvalue weighted by molar-refractivity contribution is 5.81. The lowest BCUT2D eigenvalue weighted by Gasteiger charge is -2.22. The quantitative estimate of drug-likeness (QED) is 0.410. The molecule has 2 heterocycles. The van der Waals surface area contributed by atoms with Crippen LogP contribution in [0.2, 0.25) is 0 Å². The zero-order valence-corrected chi connectivity index (χ0v) is 15.7. The second-order valence-electron chi connectivity index (χ2n) is 7.86. The molecule has 4 rings (SSSR count). The van der Waals surface area contributed by atoms with Gasteiger partial charge in [-0.3, -0.25) is 0 Å². The van der Waals surface area contributed by atoms with Crippen LogP contribution in [0.15, 0.2) is 70.9 Å². The van der Waals surface area contributed by atoms with Crippen LogP contribution in [-0.2, 0) is 11.1 Å². The van der Waals surface area contributed by atoms with Crippen molar-refractivity contribution in [3.05, 3.63) is 72.1 Å². The number of nitrogens with zero attached hydrogens (tertiary/aromatic N) is 2. The molecule has 132 valence electrons. The molecule has 0 amide bonds. The third-order valence-corrected chi connectivity index (χ3v) is 4.93. The minimum atomic E-state index is -0.428. The number of hydrogen-bond donors (Lipinski definition) is 2. The van der Waals surface area contributed by atoms with Gasteiger partial charge in [0.1, 0.15) is 11.1 Å². The second kappa shape index (κ2) is 5.84. The van der Waals surface area contributed by atoms with E-state index in [0.717, 1.165) is 22.4 Å². The molecular formula is C22H24N4. The Morgan fingerprint density at radius 1 is 0.615 bits per heavy atom. The molecular weight excluding hydrogens is 320 g/mol. The average molecular weight is 344 g/mol. The van der Waals surface area contributed by atoms with E-state index in [4.69, 9.17) is 10.2 Å². The highest BCUT2D eigenvalue weighted by Crippen LogP contribution is 2.32. The highest BCUT2D eigenvalue weighted by atomic mass is 15.2. The lowest BCUT2D eigenvalue weighted by Crippen LogP contribution is -2.18. The molecule has 4 heteroatoms. The summed E-state index contributed by atoms with van der Waals surface area (Å²) in [6.07, 6.45) is 0. The first-order valence-corrected chi connectivity index (χ1v) is 8.96. The summed E-state index contributed by atoms with van der Waals surface area (Å²) in [6.45, 7) is 8.34. The van der Waals surface area contributed by atoms with Crippen molar-refractivity contribution in [2.24, 2.45) is 10.2 Å². The first kappa shape index (κ1) is 16.6. The molecule has 0 radical (unpaired) electrons. The molecule has 2 aromatic heterocycles. The van der Waals surface area contributed by atoms with Crippen molar-refractivity contribution in [1.29, 1.82) is 0 Å². The fraction of sp³-hybridized carbons (Fsp3) is 0.273. The van der Waals surface area contributed by atoms with Crippen molar-refractivity contribution in [3.63, 3.8) is 0 Å². The number of hydrogen-bond acceptors (Lipinski definition) is 2. The van der Waals surface area contributed by atoms with Crippen LogP contribution in [0.5, 0.6) is 0 Å². The van der Waals surface area contributed by atoms with Crippen molar-refractivity contribution in [3.8, 4) is 0 Å². The summed E-state index contributed by atoms with van der Waals surface area (Å²) in [6, 6.07) is 20.9. The van der Waals surface area contributed by atoms with E-state index in [1.165, 1.54) is 10.8 Å². The normalized spacial score (nSPS) is 13.2. The van der Waals surface area contributed by atoms with Crippen LogP contribution in [0.3, 0.4) is 0 Å². The maximum Gasteiger partial charge on any atom is 0.116 e. The zero-order valence-electron chi connectivity index (χ0n) is 15.7. The van der Waals surface area contributed by atoms with Crippen LogP contribution < -0.4 is 0 Å². The second-order valence-corrected chi connectivity index (χ2v) is 7.86. The van der Waals surface area contributed by atoms with E-state index in [-0.39, 0.29) is 0 Å². The number of fused-ring (bicyclic) bond motifs is 2. The maximum absolute atomic E-state index is 4.71. The largest absolute Gasteiger partial charge is 0.356 e. The lowest BCUT2D eigenvalue weighted by molar-refractivity contribution is 0.429. The Bertz CT molecular complexity index is 941. The minimum Gasteiger partial charge on any atom is -0.356 e. The molecule has 0 atom stereocenters. The summed E-state index contributed by atoms with van der Waals surface area (Å²) < 4.78 is 0. The van der Waals surface area contributed by atoms with Crippen LogP contribution in [0, 0.1) is 0 Å². The molecule has 2 aromatic carbocycles. The number of rotatable bonds is 4. The van der Waals surface area contributed by atoms with Crippen LogP contribution in [0.4, 0.5) is 0 Å². The molecule has 0 aliphatic heterocycles. The van der Waals surface area contributed by atoms with Gasteiger partial charge in [-0.2, -0.15) is 10.2 Å². The minimum absolute atomic E-state index is 0.428. The number of azo groups is 1. The van der Waals surface area contributed by atoms with Gasteiger partial charge in [-0.15, -0.1) is 0 Å². The van der Waals surface area contributed by atoms with Gasteiger partial charge < -0.3 is 9.97 Å². The molecule has 26 heavy (non-hydrogen) atoms. The molecule has 0 bridgehead atoms. The van der Waals surface area contributed by atoms with Crippen molar-refractivity contribution < 1.29 is 0 Å². The fourth-order valence-corrected chi connectivity index (χ4v) is 3.16. The highest BCUT2D eigenvalue weighted by Gasteiger charge is 2.27.